The largest absolute Gasteiger partial charge is 0.294 e. The van der Waals surface area contributed by atoms with Gasteiger partial charge in [-0.05, 0) is 36.8 Å². The molecule has 2 aliphatic rings. The first-order valence-corrected chi connectivity index (χ1v) is 7.83. The first kappa shape index (κ1) is 13.4. The number of carbonyl (C=O) groups excluding carboxylic acids is 1. The molecule has 2 aliphatic carbocycles. The highest BCUT2D eigenvalue weighted by molar-refractivity contribution is 6.14. The van der Waals surface area contributed by atoms with Gasteiger partial charge >= 0.3 is 0 Å². The molecule has 1 heteroatoms. The van der Waals surface area contributed by atoms with Gasteiger partial charge in [-0.25, -0.2) is 0 Å². The van der Waals surface area contributed by atoms with E-state index in [1.54, 1.807) is 0 Å². The number of carbonyl (C=O) groups is 1. The Kier molecular flexibility index (Phi) is 3.86. The smallest absolute Gasteiger partial charge is 0.166 e. The van der Waals surface area contributed by atoms with Crippen LogP contribution in [0.3, 0.4) is 0 Å². The Balaban J connectivity index is 1.88. The predicted molar refractivity (Wildman–Crippen MR) is 83.3 cm³/mol. The number of hydrogen-bond donors (Lipinski definition) is 0. The molecule has 0 heterocycles. The molecule has 0 bridgehead atoms. The van der Waals surface area contributed by atoms with Crippen LogP contribution in [0.25, 0.3) is 5.57 Å². The van der Waals surface area contributed by atoms with E-state index in [1.807, 2.05) is 6.07 Å². The van der Waals surface area contributed by atoms with Crippen molar-refractivity contribution in [3.63, 3.8) is 0 Å². The highest BCUT2D eigenvalue weighted by atomic mass is 16.1. The lowest BCUT2D eigenvalue weighted by Crippen LogP contribution is -2.11. The van der Waals surface area contributed by atoms with Crippen LogP contribution in [-0.2, 0) is 4.79 Å². The molecule has 0 saturated carbocycles. The summed E-state index contributed by atoms with van der Waals surface area (Å²) in [5.41, 5.74) is 4.86. The molecule has 1 atom stereocenters. The summed E-state index contributed by atoms with van der Waals surface area (Å²) in [5, 5.41) is 0. The summed E-state index contributed by atoms with van der Waals surface area (Å²) >= 11 is 0. The molecule has 0 spiro atoms. The van der Waals surface area contributed by atoms with E-state index in [4.69, 9.17) is 0 Å². The van der Waals surface area contributed by atoms with Crippen LogP contribution >= 0.6 is 0 Å². The second-order valence-corrected chi connectivity index (χ2v) is 5.91. The van der Waals surface area contributed by atoms with Gasteiger partial charge in [0.15, 0.2) is 5.78 Å². The first-order valence-electron chi connectivity index (χ1n) is 7.83. The van der Waals surface area contributed by atoms with Crippen LogP contribution in [0.1, 0.15) is 51.0 Å². The molecule has 1 unspecified atom stereocenters. The van der Waals surface area contributed by atoms with Gasteiger partial charge in [-0.3, -0.25) is 4.79 Å². The monoisotopic (exact) mass is 266 g/mol. The minimum absolute atomic E-state index is 0.255. The molecule has 0 aromatic heterocycles. The van der Waals surface area contributed by atoms with Gasteiger partial charge < -0.3 is 0 Å². The zero-order valence-electron chi connectivity index (χ0n) is 12.2. The summed E-state index contributed by atoms with van der Waals surface area (Å²) < 4.78 is 0. The van der Waals surface area contributed by atoms with Crippen molar-refractivity contribution >= 4 is 11.4 Å². The van der Waals surface area contributed by atoms with Crippen molar-refractivity contribution in [1.82, 2.24) is 0 Å². The predicted octanol–water partition coefficient (Wildman–Crippen LogP) is 4.94. The normalized spacial score (nSPS) is 21.9. The fourth-order valence-electron chi connectivity index (χ4n) is 3.48. The molecule has 0 amide bonds. The molecule has 1 aromatic carbocycles. The van der Waals surface area contributed by atoms with E-state index in [9.17, 15) is 4.79 Å². The molecule has 0 saturated heterocycles. The summed E-state index contributed by atoms with van der Waals surface area (Å²) in [5.74, 6) is 0.661. The summed E-state index contributed by atoms with van der Waals surface area (Å²) in [6, 6.07) is 10.4. The fourth-order valence-corrected chi connectivity index (χ4v) is 3.48. The number of hydrogen-bond acceptors (Lipinski definition) is 1. The maximum atomic E-state index is 12.7. The number of Topliss-reactive ketones (excluding diaryl/α,β-unsaturated/α-hetero) is 1. The average Bonchev–Trinajstić information content (AvgIpc) is 2.82. The van der Waals surface area contributed by atoms with Crippen molar-refractivity contribution < 1.29 is 4.79 Å². The standard InChI is InChI=1S/C19H22O/c1-2-3-8-16-13-15-11-7-12-17(18(15)19(16)20)14-9-5-4-6-10-14/h4-6,9-10,12,16H,2-3,7-8,11,13H2,1H3. The lowest BCUT2D eigenvalue weighted by Gasteiger charge is -2.16. The zero-order valence-corrected chi connectivity index (χ0v) is 12.2. The number of unbranched alkanes of at least 4 members (excludes halogenated alkanes) is 1. The van der Waals surface area contributed by atoms with Crippen molar-refractivity contribution in [3.8, 4) is 0 Å². The molecular weight excluding hydrogens is 244 g/mol. The zero-order chi connectivity index (χ0) is 13.9. The van der Waals surface area contributed by atoms with Gasteiger partial charge in [0, 0.05) is 11.5 Å². The van der Waals surface area contributed by atoms with Gasteiger partial charge in [0.25, 0.3) is 0 Å². The quantitative estimate of drug-likeness (QED) is 0.754. The average molecular weight is 266 g/mol. The van der Waals surface area contributed by atoms with Gasteiger partial charge in [-0.15, -0.1) is 0 Å². The Morgan fingerprint density at radius 2 is 2.00 bits per heavy atom. The van der Waals surface area contributed by atoms with Crippen LogP contribution in [0, 0.1) is 5.92 Å². The molecule has 0 radical (unpaired) electrons. The lowest BCUT2D eigenvalue weighted by molar-refractivity contribution is -0.118. The van der Waals surface area contributed by atoms with Crippen LogP contribution < -0.4 is 0 Å². The summed E-state index contributed by atoms with van der Waals surface area (Å²) in [6.07, 6.45) is 8.84. The van der Waals surface area contributed by atoms with Crippen molar-refractivity contribution in [2.75, 3.05) is 0 Å². The van der Waals surface area contributed by atoms with Gasteiger partial charge in [0.1, 0.15) is 0 Å². The number of allylic oxidation sites excluding steroid dienone is 4. The molecule has 0 N–H and O–H groups in total. The van der Waals surface area contributed by atoms with E-state index in [1.165, 1.54) is 29.6 Å². The lowest BCUT2D eigenvalue weighted by atomic mass is 9.88. The molecule has 0 aliphatic heterocycles. The third kappa shape index (κ3) is 2.37. The van der Waals surface area contributed by atoms with Gasteiger partial charge in [-0.2, -0.15) is 0 Å². The van der Waals surface area contributed by atoms with Gasteiger partial charge in [0.05, 0.1) is 0 Å². The van der Waals surface area contributed by atoms with E-state index in [0.29, 0.717) is 5.78 Å². The molecule has 3 rings (SSSR count). The number of ketones is 1. The third-order valence-electron chi connectivity index (χ3n) is 4.52. The molecular formula is C19H22O. The SMILES string of the molecule is CCCCC1CC2=C(C1=O)C(c1ccccc1)=CCC2. The molecule has 104 valence electrons. The molecule has 20 heavy (non-hydrogen) atoms. The van der Waals surface area contributed by atoms with Crippen LogP contribution in [0.4, 0.5) is 0 Å². The Bertz CT molecular complexity index is 563. The third-order valence-corrected chi connectivity index (χ3v) is 4.52. The minimum atomic E-state index is 0.255. The van der Waals surface area contributed by atoms with E-state index in [0.717, 1.165) is 31.3 Å². The second kappa shape index (κ2) is 5.78. The summed E-state index contributed by atoms with van der Waals surface area (Å²) in [7, 11) is 0. The number of benzene rings is 1. The van der Waals surface area contributed by atoms with Crippen LogP contribution in [0.2, 0.25) is 0 Å². The van der Waals surface area contributed by atoms with Crippen molar-refractivity contribution in [3.05, 3.63) is 53.1 Å². The highest BCUT2D eigenvalue weighted by Crippen LogP contribution is 2.43. The van der Waals surface area contributed by atoms with E-state index < -0.39 is 0 Å². The van der Waals surface area contributed by atoms with Crippen molar-refractivity contribution in [2.45, 2.75) is 45.4 Å². The van der Waals surface area contributed by atoms with Crippen LogP contribution in [0.5, 0.6) is 0 Å². The number of rotatable bonds is 4. The molecule has 1 aromatic rings. The highest BCUT2D eigenvalue weighted by Gasteiger charge is 2.35. The Morgan fingerprint density at radius 3 is 2.75 bits per heavy atom. The minimum Gasteiger partial charge on any atom is -0.294 e. The Morgan fingerprint density at radius 1 is 1.20 bits per heavy atom. The summed E-state index contributed by atoms with van der Waals surface area (Å²) in [4.78, 5) is 12.7. The Hall–Kier alpha value is -1.63. The Labute approximate surface area is 121 Å². The van der Waals surface area contributed by atoms with Gasteiger partial charge in [0.2, 0.25) is 0 Å². The second-order valence-electron chi connectivity index (χ2n) is 5.91. The molecule has 1 nitrogen and oxygen atoms in total. The summed E-state index contributed by atoms with van der Waals surface area (Å²) in [6.45, 7) is 2.20. The van der Waals surface area contributed by atoms with Crippen molar-refractivity contribution in [1.29, 1.82) is 0 Å². The van der Waals surface area contributed by atoms with Crippen LogP contribution in [-0.4, -0.2) is 5.78 Å². The maximum Gasteiger partial charge on any atom is 0.166 e. The topological polar surface area (TPSA) is 17.1 Å². The fraction of sp³-hybridized carbons (Fsp3) is 0.421. The first-order chi connectivity index (χ1) is 9.81. The molecule has 0 fully saturated rings. The van der Waals surface area contributed by atoms with Crippen LogP contribution in [0.15, 0.2) is 47.6 Å². The van der Waals surface area contributed by atoms with E-state index in [2.05, 4.69) is 37.3 Å². The van der Waals surface area contributed by atoms with E-state index in [-0.39, 0.29) is 5.92 Å². The van der Waals surface area contributed by atoms with E-state index >= 15 is 0 Å². The maximum absolute atomic E-state index is 12.7. The van der Waals surface area contributed by atoms with Gasteiger partial charge in [-0.1, -0.05) is 61.7 Å². The van der Waals surface area contributed by atoms with Crippen molar-refractivity contribution in [2.24, 2.45) is 5.92 Å².